The van der Waals surface area contributed by atoms with Crippen molar-refractivity contribution in [2.75, 3.05) is 26.1 Å². The molecule has 3 N–H and O–H groups in total. The number of hydrogen-bond acceptors (Lipinski definition) is 6. The third-order valence-corrected chi connectivity index (χ3v) is 5.73. The molecule has 1 fully saturated rings. The van der Waals surface area contributed by atoms with Crippen LogP contribution in [0.5, 0.6) is 11.5 Å². The Morgan fingerprint density at radius 1 is 1.23 bits per heavy atom. The van der Waals surface area contributed by atoms with E-state index in [4.69, 9.17) is 19.9 Å². The van der Waals surface area contributed by atoms with Crippen LogP contribution in [0.1, 0.15) is 28.8 Å². The van der Waals surface area contributed by atoms with Crippen molar-refractivity contribution >= 4 is 23.6 Å². The van der Waals surface area contributed by atoms with Gasteiger partial charge in [-0.05, 0) is 42.7 Å². The fourth-order valence-electron chi connectivity index (χ4n) is 3.11. The van der Waals surface area contributed by atoms with Crippen LogP contribution in [-0.4, -0.2) is 44.0 Å². The zero-order valence-electron chi connectivity index (χ0n) is 16.9. The molecule has 30 heavy (non-hydrogen) atoms. The van der Waals surface area contributed by atoms with E-state index in [1.807, 2.05) is 24.3 Å². The molecule has 0 spiro atoms. The number of rotatable bonds is 10. The molecule has 1 aliphatic rings. The fourth-order valence-corrected chi connectivity index (χ4v) is 3.90. The molecule has 0 radical (unpaired) electrons. The first-order valence-electron chi connectivity index (χ1n) is 9.76. The lowest BCUT2D eigenvalue weighted by Crippen LogP contribution is -2.23. The molecule has 1 heterocycles. The highest BCUT2D eigenvalue weighted by atomic mass is 32.2. The van der Waals surface area contributed by atoms with E-state index < -0.39 is 5.91 Å². The molecule has 3 rings (SSSR count). The van der Waals surface area contributed by atoms with Crippen LogP contribution in [0.15, 0.2) is 47.4 Å². The molecule has 2 aromatic rings. The maximum Gasteiger partial charge on any atom is 0.252 e. The molecule has 1 saturated heterocycles. The second-order valence-corrected chi connectivity index (χ2v) is 7.88. The second kappa shape index (κ2) is 10.9. The minimum atomic E-state index is -0.427. The molecule has 0 aliphatic carbocycles. The number of benzene rings is 2. The largest absolute Gasteiger partial charge is 0.493 e. The maximum atomic E-state index is 12.6. The van der Waals surface area contributed by atoms with Crippen molar-refractivity contribution in [3.8, 4) is 11.5 Å². The van der Waals surface area contributed by atoms with Crippen LogP contribution in [0.3, 0.4) is 0 Å². The standard InChI is InChI=1S/C22H26N2O5S/c1-27-19-11-15(8-9-18(19)29-13-16-5-4-10-28-16)12-24-22(26)17-6-2-3-7-20(17)30-14-21(23)25/h2-3,6-9,11,16H,4-5,10,12-14H2,1H3,(H2,23,25)(H,24,26). The Hall–Kier alpha value is -2.71. The summed E-state index contributed by atoms with van der Waals surface area (Å²) in [6.45, 7) is 1.61. The van der Waals surface area contributed by atoms with Crippen molar-refractivity contribution in [2.45, 2.75) is 30.4 Å². The lowest BCUT2D eigenvalue weighted by molar-refractivity contribution is -0.115. The van der Waals surface area contributed by atoms with Gasteiger partial charge in [-0.15, -0.1) is 11.8 Å². The van der Waals surface area contributed by atoms with Crippen LogP contribution in [0.25, 0.3) is 0 Å². The van der Waals surface area contributed by atoms with Crippen LogP contribution in [-0.2, 0) is 16.1 Å². The summed E-state index contributed by atoms with van der Waals surface area (Å²) in [6, 6.07) is 12.7. The molecular weight excluding hydrogens is 404 g/mol. The van der Waals surface area contributed by atoms with Crippen molar-refractivity contribution in [3.05, 3.63) is 53.6 Å². The predicted octanol–water partition coefficient (Wildman–Crippen LogP) is 2.76. The van der Waals surface area contributed by atoms with E-state index in [1.165, 1.54) is 11.8 Å². The average Bonchev–Trinajstić information content (AvgIpc) is 3.28. The molecular formula is C22H26N2O5S. The summed E-state index contributed by atoms with van der Waals surface area (Å²) in [5.41, 5.74) is 6.60. The van der Waals surface area contributed by atoms with Crippen LogP contribution in [0.4, 0.5) is 0 Å². The van der Waals surface area contributed by atoms with Crippen molar-refractivity contribution in [1.82, 2.24) is 5.32 Å². The number of nitrogens with two attached hydrogens (primary N) is 1. The molecule has 7 nitrogen and oxygen atoms in total. The normalized spacial score (nSPS) is 15.6. The van der Waals surface area contributed by atoms with Gasteiger partial charge in [-0.25, -0.2) is 0 Å². The van der Waals surface area contributed by atoms with Gasteiger partial charge in [0.05, 0.1) is 24.5 Å². The first kappa shape index (κ1) is 22.0. The van der Waals surface area contributed by atoms with Gasteiger partial charge >= 0.3 is 0 Å². The molecule has 0 bridgehead atoms. The van der Waals surface area contributed by atoms with E-state index in [9.17, 15) is 9.59 Å². The van der Waals surface area contributed by atoms with Crippen molar-refractivity contribution in [1.29, 1.82) is 0 Å². The van der Waals surface area contributed by atoms with E-state index in [0.717, 1.165) is 25.0 Å². The Balaban J connectivity index is 1.60. The van der Waals surface area contributed by atoms with E-state index in [2.05, 4.69) is 5.32 Å². The summed E-state index contributed by atoms with van der Waals surface area (Å²) in [5, 5.41) is 2.91. The second-order valence-electron chi connectivity index (χ2n) is 6.87. The van der Waals surface area contributed by atoms with Gasteiger partial charge in [-0.3, -0.25) is 9.59 Å². The van der Waals surface area contributed by atoms with Crippen molar-refractivity contribution in [3.63, 3.8) is 0 Å². The van der Waals surface area contributed by atoms with Gasteiger partial charge in [0.1, 0.15) is 6.61 Å². The molecule has 2 aromatic carbocycles. The van der Waals surface area contributed by atoms with Gasteiger partial charge in [-0.2, -0.15) is 0 Å². The third-order valence-electron chi connectivity index (χ3n) is 4.63. The summed E-state index contributed by atoms with van der Waals surface area (Å²) in [5.74, 6) is 0.729. The average molecular weight is 431 g/mol. The Bertz CT molecular complexity index is 884. The molecule has 8 heteroatoms. The van der Waals surface area contributed by atoms with Gasteiger partial charge in [-0.1, -0.05) is 18.2 Å². The number of thioether (sulfide) groups is 1. The van der Waals surface area contributed by atoms with Gasteiger partial charge in [0, 0.05) is 18.0 Å². The SMILES string of the molecule is COc1cc(CNC(=O)c2ccccc2SCC(N)=O)ccc1OCC1CCCO1. The lowest BCUT2D eigenvalue weighted by Gasteiger charge is -2.15. The molecule has 0 aromatic heterocycles. The maximum absolute atomic E-state index is 12.6. The Morgan fingerprint density at radius 3 is 2.80 bits per heavy atom. The molecule has 1 unspecified atom stereocenters. The highest BCUT2D eigenvalue weighted by Crippen LogP contribution is 2.29. The molecule has 0 saturated carbocycles. The molecule has 160 valence electrons. The molecule has 1 atom stereocenters. The quantitative estimate of drug-likeness (QED) is 0.562. The van der Waals surface area contributed by atoms with Crippen LogP contribution in [0, 0.1) is 0 Å². The lowest BCUT2D eigenvalue weighted by atomic mass is 10.1. The number of nitrogens with one attached hydrogen (secondary N) is 1. The van der Waals surface area contributed by atoms with Crippen molar-refractivity contribution in [2.24, 2.45) is 5.73 Å². The van der Waals surface area contributed by atoms with Crippen molar-refractivity contribution < 1.29 is 23.8 Å². The third kappa shape index (κ3) is 6.14. The summed E-state index contributed by atoms with van der Waals surface area (Å²) >= 11 is 1.25. The van der Waals surface area contributed by atoms with E-state index >= 15 is 0 Å². The predicted molar refractivity (Wildman–Crippen MR) is 115 cm³/mol. The zero-order chi connectivity index (χ0) is 21.3. The van der Waals surface area contributed by atoms with Crippen LogP contribution < -0.4 is 20.5 Å². The van der Waals surface area contributed by atoms with E-state index in [-0.39, 0.29) is 17.8 Å². The minimum absolute atomic E-state index is 0.120. The number of ether oxygens (including phenoxy) is 3. The summed E-state index contributed by atoms with van der Waals surface area (Å²) in [6.07, 6.45) is 2.20. The number of hydrogen-bond donors (Lipinski definition) is 2. The van der Waals surface area contributed by atoms with E-state index in [0.29, 0.717) is 35.1 Å². The molecule has 1 aliphatic heterocycles. The minimum Gasteiger partial charge on any atom is -0.493 e. The number of methoxy groups -OCH3 is 1. The van der Waals surface area contributed by atoms with E-state index in [1.54, 1.807) is 25.3 Å². The number of primary amides is 1. The number of amides is 2. The highest BCUT2D eigenvalue weighted by Gasteiger charge is 2.17. The van der Waals surface area contributed by atoms with Gasteiger partial charge in [0.15, 0.2) is 11.5 Å². The Kier molecular flexibility index (Phi) is 7.98. The van der Waals surface area contributed by atoms with Gasteiger partial charge in [0.25, 0.3) is 5.91 Å². The molecule has 2 amide bonds. The fraction of sp³-hybridized carbons (Fsp3) is 0.364. The van der Waals surface area contributed by atoms with Crippen LogP contribution in [0.2, 0.25) is 0 Å². The van der Waals surface area contributed by atoms with Gasteiger partial charge in [0.2, 0.25) is 5.91 Å². The van der Waals surface area contributed by atoms with Gasteiger partial charge < -0.3 is 25.3 Å². The zero-order valence-corrected chi connectivity index (χ0v) is 17.7. The Labute approximate surface area is 180 Å². The smallest absolute Gasteiger partial charge is 0.252 e. The topological polar surface area (TPSA) is 99.9 Å². The van der Waals surface area contributed by atoms with Crippen LogP contribution >= 0.6 is 11.8 Å². The summed E-state index contributed by atoms with van der Waals surface area (Å²) < 4.78 is 16.9. The number of carbonyl (C=O) groups excluding carboxylic acids is 2. The first-order chi connectivity index (χ1) is 14.6. The monoisotopic (exact) mass is 430 g/mol. The first-order valence-corrected chi connectivity index (χ1v) is 10.7. The summed E-state index contributed by atoms with van der Waals surface area (Å²) in [7, 11) is 1.59. The summed E-state index contributed by atoms with van der Waals surface area (Å²) in [4.78, 5) is 24.4. The Morgan fingerprint density at radius 2 is 2.07 bits per heavy atom. The highest BCUT2D eigenvalue weighted by molar-refractivity contribution is 8.00. The number of carbonyl (C=O) groups is 2.